The summed E-state index contributed by atoms with van der Waals surface area (Å²) in [5.41, 5.74) is 0. The SMILES string of the molecule is CCC[C@H]1NC(=O)[C@H](CC(=O)O)NC(=O)[C@H](C(C)C)NC(=O)[C@@H](CC(C)C)NC(=O)[C@H](CC(C)C)NC(=O)[C@H](CCC(=O)O)NC(=O)C[C@@H](CCCCCCCCCC(C)C)OC(=O)[C@H](CC(C)C)NC1=O. The predicted molar refractivity (Wildman–Crippen MR) is 272 cm³/mol. The Morgan fingerprint density at radius 1 is 0.486 bits per heavy atom. The van der Waals surface area contributed by atoms with Crippen molar-refractivity contribution in [3.63, 3.8) is 0 Å². The third kappa shape index (κ3) is 26.9. The number of carboxylic acid groups (broad SMARTS) is 2. The summed E-state index contributed by atoms with van der Waals surface area (Å²) in [5.74, 6) is -9.91. The van der Waals surface area contributed by atoms with Crippen molar-refractivity contribution >= 4 is 59.3 Å². The van der Waals surface area contributed by atoms with Crippen molar-refractivity contribution in [1.29, 1.82) is 0 Å². The van der Waals surface area contributed by atoms with Gasteiger partial charge in [-0.3, -0.25) is 43.2 Å². The van der Waals surface area contributed by atoms with E-state index in [-0.39, 0.29) is 56.3 Å². The standard InChI is InChI=1S/C52H91N7O13/c1-12-20-36-46(65)58-41(27-33(8)9)52(71)72-35(22-19-17-15-13-14-16-18-21-30(2)3)28-42(60)53-37(23-24-43(61)62)47(66)55-38(25-31(4)5)48(67)56-39(26-32(6)7)50(69)59-45(34(10)11)51(70)57-40(29-44(63)64)49(68)54-36/h30-41,45H,12-29H2,1-11H3,(H,53,60)(H,54,68)(H,55,66)(H,56,67)(H,57,70)(H,58,65)(H,59,69)(H,61,62)(H,63,64)/t35-,36-,37+,38+,39-,40+,41+,45+/m1/s1. The number of ether oxygens (including phenoxy) is 1. The first-order valence-electron chi connectivity index (χ1n) is 26.5. The van der Waals surface area contributed by atoms with Crippen LogP contribution in [-0.4, -0.2) is 118 Å². The van der Waals surface area contributed by atoms with Crippen LogP contribution in [-0.2, 0) is 52.7 Å². The second-order valence-electron chi connectivity index (χ2n) is 21.6. The van der Waals surface area contributed by atoms with E-state index in [0.29, 0.717) is 18.8 Å². The van der Waals surface area contributed by atoms with E-state index in [2.05, 4.69) is 51.1 Å². The second-order valence-corrected chi connectivity index (χ2v) is 21.6. The summed E-state index contributed by atoms with van der Waals surface area (Å²) in [6.07, 6.45) is 5.43. The predicted octanol–water partition coefficient (Wildman–Crippen LogP) is 4.80. The van der Waals surface area contributed by atoms with Crippen LogP contribution in [0.1, 0.15) is 192 Å². The molecule has 1 rings (SSSR count). The molecule has 20 heteroatoms. The van der Waals surface area contributed by atoms with Gasteiger partial charge in [-0.05, 0) is 74.5 Å². The number of hydrogen-bond acceptors (Lipinski definition) is 11. The summed E-state index contributed by atoms with van der Waals surface area (Å²) in [6.45, 7) is 20.2. The van der Waals surface area contributed by atoms with Crippen molar-refractivity contribution in [1.82, 2.24) is 37.2 Å². The van der Waals surface area contributed by atoms with Gasteiger partial charge in [0.15, 0.2) is 0 Å². The van der Waals surface area contributed by atoms with Crippen molar-refractivity contribution in [2.45, 2.75) is 240 Å². The van der Waals surface area contributed by atoms with E-state index in [1.807, 2.05) is 13.8 Å². The van der Waals surface area contributed by atoms with Crippen LogP contribution in [0.5, 0.6) is 0 Å². The smallest absolute Gasteiger partial charge is 0.328 e. The molecule has 0 saturated carbocycles. The van der Waals surface area contributed by atoms with E-state index in [9.17, 15) is 58.2 Å². The van der Waals surface area contributed by atoms with E-state index in [1.54, 1.807) is 48.5 Å². The van der Waals surface area contributed by atoms with Crippen molar-refractivity contribution in [3.8, 4) is 0 Å². The molecule has 0 aromatic rings. The fourth-order valence-corrected chi connectivity index (χ4v) is 8.43. The van der Waals surface area contributed by atoms with E-state index < -0.39 is 133 Å². The Hall–Kier alpha value is -5.30. The van der Waals surface area contributed by atoms with Gasteiger partial charge >= 0.3 is 17.9 Å². The first-order valence-corrected chi connectivity index (χ1v) is 26.5. The maximum absolute atomic E-state index is 14.1. The van der Waals surface area contributed by atoms with Crippen LogP contribution in [0.25, 0.3) is 0 Å². The molecule has 0 bridgehead atoms. The molecule has 0 spiro atoms. The zero-order valence-electron chi connectivity index (χ0n) is 45.1. The van der Waals surface area contributed by atoms with E-state index in [4.69, 9.17) is 4.74 Å². The van der Waals surface area contributed by atoms with Crippen LogP contribution in [0.15, 0.2) is 0 Å². The summed E-state index contributed by atoms with van der Waals surface area (Å²) in [4.78, 5) is 136. The molecular weight excluding hydrogens is 931 g/mol. The topological polar surface area (TPSA) is 305 Å². The van der Waals surface area contributed by atoms with Gasteiger partial charge in [-0.1, -0.05) is 128 Å². The molecule has 20 nitrogen and oxygen atoms in total. The molecule has 1 saturated heterocycles. The summed E-state index contributed by atoms with van der Waals surface area (Å²) in [6, 6.07) is -9.59. The third-order valence-corrected chi connectivity index (χ3v) is 12.3. The summed E-state index contributed by atoms with van der Waals surface area (Å²) >= 11 is 0. The van der Waals surface area contributed by atoms with Crippen LogP contribution in [0, 0.1) is 29.6 Å². The Bertz CT molecular complexity index is 1770. The van der Waals surface area contributed by atoms with Gasteiger partial charge in [0.1, 0.15) is 48.4 Å². The van der Waals surface area contributed by atoms with Crippen molar-refractivity contribution in [2.24, 2.45) is 29.6 Å². The van der Waals surface area contributed by atoms with E-state index in [1.165, 1.54) is 6.42 Å². The van der Waals surface area contributed by atoms with Crippen LogP contribution < -0.4 is 37.2 Å². The zero-order valence-corrected chi connectivity index (χ0v) is 45.1. The van der Waals surface area contributed by atoms with Gasteiger partial charge in [0, 0.05) is 6.42 Å². The quantitative estimate of drug-likeness (QED) is 0.0465. The largest absolute Gasteiger partial charge is 0.481 e. The lowest BCUT2D eigenvalue weighted by Crippen LogP contribution is -2.61. The van der Waals surface area contributed by atoms with E-state index >= 15 is 0 Å². The average Bonchev–Trinajstić information content (AvgIpc) is 3.26. The number of carbonyl (C=O) groups is 10. The fraction of sp³-hybridized carbons (Fsp3) is 0.808. The molecule has 0 radical (unpaired) electrons. The lowest BCUT2D eigenvalue weighted by Gasteiger charge is -2.29. The monoisotopic (exact) mass is 1020 g/mol. The highest BCUT2D eigenvalue weighted by atomic mass is 16.5. The van der Waals surface area contributed by atoms with Crippen LogP contribution in [0.3, 0.4) is 0 Å². The molecule has 7 amide bonds. The first kappa shape index (κ1) is 64.7. The molecule has 0 aliphatic carbocycles. The molecule has 1 fully saturated rings. The Balaban J connectivity index is 3.91. The molecule has 8 atom stereocenters. The Kier molecular flexibility index (Phi) is 30.7. The highest BCUT2D eigenvalue weighted by molar-refractivity contribution is 5.98. The number of hydrogen-bond donors (Lipinski definition) is 9. The number of nitrogens with one attached hydrogen (secondary N) is 7. The average molecular weight is 1020 g/mol. The number of unbranched alkanes of at least 4 members (excludes halogenated alkanes) is 6. The zero-order chi connectivity index (χ0) is 54.7. The van der Waals surface area contributed by atoms with Crippen molar-refractivity contribution < 1.29 is 62.9 Å². The normalized spacial score (nSPS) is 24.1. The van der Waals surface area contributed by atoms with Crippen LogP contribution >= 0.6 is 0 Å². The summed E-state index contributed by atoms with van der Waals surface area (Å²) in [5, 5.41) is 37.8. The molecule has 0 aromatic carbocycles. The minimum Gasteiger partial charge on any atom is -0.481 e. The minimum absolute atomic E-state index is 0.0531. The maximum Gasteiger partial charge on any atom is 0.328 e. The number of carboxylic acids is 2. The number of rotatable bonds is 24. The Labute approximate surface area is 428 Å². The van der Waals surface area contributed by atoms with Crippen molar-refractivity contribution in [3.05, 3.63) is 0 Å². The molecule has 9 N–H and O–H groups in total. The van der Waals surface area contributed by atoms with Crippen LogP contribution in [0.2, 0.25) is 0 Å². The molecular formula is C52H91N7O13. The molecule has 1 heterocycles. The third-order valence-electron chi connectivity index (χ3n) is 12.3. The molecule has 0 aromatic heterocycles. The second kappa shape index (κ2) is 34.2. The van der Waals surface area contributed by atoms with Gasteiger partial charge < -0.3 is 52.2 Å². The van der Waals surface area contributed by atoms with E-state index in [0.717, 1.165) is 38.5 Å². The molecule has 1 aliphatic heterocycles. The summed E-state index contributed by atoms with van der Waals surface area (Å²) in [7, 11) is 0. The Morgan fingerprint density at radius 2 is 0.917 bits per heavy atom. The Morgan fingerprint density at radius 3 is 1.40 bits per heavy atom. The van der Waals surface area contributed by atoms with Crippen LogP contribution in [0.4, 0.5) is 0 Å². The summed E-state index contributed by atoms with van der Waals surface area (Å²) < 4.78 is 6.02. The van der Waals surface area contributed by atoms with Gasteiger partial charge in [-0.15, -0.1) is 0 Å². The fourth-order valence-electron chi connectivity index (χ4n) is 8.43. The van der Waals surface area contributed by atoms with Gasteiger partial charge in [-0.2, -0.15) is 0 Å². The molecule has 72 heavy (non-hydrogen) atoms. The van der Waals surface area contributed by atoms with Gasteiger partial charge in [0.2, 0.25) is 41.4 Å². The van der Waals surface area contributed by atoms with Gasteiger partial charge in [0.25, 0.3) is 0 Å². The number of amides is 7. The first-order chi connectivity index (χ1) is 33.7. The van der Waals surface area contributed by atoms with Gasteiger partial charge in [-0.25, -0.2) is 4.79 Å². The van der Waals surface area contributed by atoms with Gasteiger partial charge in [0.05, 0.1) is 12.8 Å². The molecule has 1 aliphatic rings. The molecule has 0 unspecified atom stereocenters. The lowest BCUT2D eigenvalue weighted by molar-refractivity contribution is -0.155. The number of esters is 1. The highest BCUT2D eigenvalue weighted by Gasteiger charge is 2.37. The number of carbonyl (C=O) groups excluding carboxylic acids is 8. The maximum atomic E-state index is 14.1. The molecule has 412 valence electrons. The highest BCUT2D eigenvalue weighted by Crippen LogP contribution is 2.19. The van der Waals surface area contributed by atoms with Crippen molar-refractivity contribution in [2.75, 3.05) is 0 Å². The number of aliphatic carboxylic acids is 2. The minimum atomic E-state index is -1.71. The number of cyclic esters (lactones) is 1. The lowest BCUT2D eigenvalue weighted by atomic mass is 9.98.